The number of hydrogen-bond acceptors (Lipinski definition) is 2. The fourth-order valence-electron chi connectivity index (χ4n) is 9.82. The highest BCUT2D eigenvalue weighted by atomic mass is 16.5. The second-order valence-electron chi connectivity index (χ2n) is 13.9. The van der Waals surface area contributed by atoms with Gasteiger partial charge in [0.1, 0.15) is 6.10 Å². The maximum Gasteiger partial charge on any atom is 0.306 e. The number of carbonyl (C=O) groups is 1. The molecule has 2 heteroatoms. The summed E-state index contributed by atoms with van der Waals surface area (Å²) in [6.07, 6.45) is 19.6. The van der Waals surface area contributed by atoms with Crippen molar-refractivity contribution in [1.82, 2.24) is 0 Å². The zero-order chi connectivity index (χ0) is 24.5. The molecule has 2 nitrogen and oxygen atoms in total. The average molecular weight is 471 g/mol. The lowest BCUT2D eigenvalue weighted by molar-refractivity contribution is -0.162. The molecule has 0 aromatic carbocycles. The number of carbonyl (C=O) groups excluding carboxylic acids is 1. The number of fused-ring (bicyclic) bond motifs is 5. The van der Waals surface area contributed by atoms with E-state index < -0.39 is 0 Å². The van der Waals surface area contributed by atoms with Crippen LogP contribution in [-0.4, -0.2) is 12.1 Å². The van der Waals surface area contributed by atoms with Gasteiger partial charge in [0.2, 0.25) is 0 Å². The Labute approximate surface area is 211 Å². The summed E-state index contributed by atoms with van der Waals surface area (Å²) in [5, 5.41) is 0. The molecule has 0 bridgehead atoms. The zero-order valence-electron chi connectivity index (χ0n) is 23.1. The molecular formula is C32H54O2. The lowest BCUT2D eigenvalue weighted by Gasteiger charge is -2.61. The minimum atomic E-state index is -0.0184. The summed E-state index contributed by atoms with van der Waals surface area (Å²) in [5.41, 5.74) is 1.05. The van der Waals surface area contributed by atoms with E-state index in [1.807, 2.05) is 6.08 Å². The van der Waals surface area contributed by atoms with Gasteiger partial charge in [-0.2, -0.15) is 0 Å². The number of esters is 1. The molecule has 194 valence electrons. The van der Waals surface area contributed by atoms with Gasteiger partial charge in [0.05, 0.1) is 0 Å². The normalized spacial score (nSPS) is 42.4. The quantitative estimate of drug-likeness (QED) is 0.248. The Balaban J connectivity index is 1.38. The first-order valence-corrected chi connectivity index (χ1v) is 15.0. The standard InChI is InChI=1S/C32H54O2/c1-7-8-12-30(33)34-25-17-19-31(5)24(21-25)13-14-26-28-16-15-27(23(4)11-9-10-22(2)3)32(28,6)20-18-29(26)31/h7,22-29H,1,8-21H2,2-6H3/t23?,24-,25-,26?,27?,28?,29?,31-,32+/m0/s1. The molecule has 0 saturated heterocycles. The number of hydrogen-bond donors (Lipinski definition) is 0. The molecule has 0 radical (unpaired) electrons. The summed E-state index contributed by atoms with van der Waals surface area (Å²) >= 11 is 0. The van der Waals surface area contributed by atoms with Gasteiger partial charge < -0.3 is 4.74 Å². The van der Waals surface area contributed by atoms with Crippen LogP contribution < -0.4 is 0 Å². The summed E-state index contributed by atoms with van der Waals surface area (Å²) in [6, 6.07) is 0. The molecule has 4 rings (SSSR count). The first-order valence-electron chi connectivity index (χ1n) is 15.0. The van der Waals surface area contributed by atoms with Crippen LogP contribution >= 0.6 is 0 Å². The summed E-state index contributed by atoms with van der Waals surface area (Å²) in [4.78, 5) is 12.2. The smallest absolute Gasteiger partial charge is 0.306 e. The lowest BCUT2D eigenvalue weighted by atomic mass is 9.44. The van der Waals surface area contributed by atoms with E-state index in [2.05, 4.69) is 41.2 Å². The predicted molar refractivity (Wildman–Crippen MR) is 142 cm³/mol. The van der Waals surface area contributed by atoms with Crippen LogP contribution in [0.15, 0.2) is 12.7 Å². The van der Waals surface area contributed by atoms with Gasteiger partial charge in [-0.3, -0.25) is 4.79 Å². The van der Waals surface area contributed by atoms with Crippen molar-refractivity contribution < 1.29 is 9.53 Å². The molecule has 0 spiro atoms. The Hall–Kier alpha value is -0.790. The predicted octanol–water partition coefficient (Wildman–Crippen LogP) is 8.99. The first kappa shape index (κ1) is 26.3. The highest BCUT2D eigenvalue weighted by Crippen LogP contribution is 2.68. The summed E-state index contributed by atoms with van der Waals surface area (Å²) in [6.45, 7) is 16.4. The molecule has 0 N–H and O–H groups in total. The maximum atomic E-state index is 12.2. The van der Waals surface area contributed by atoms with Crippen LogP contribution in [0.5, 0.6) is 0 Å². The maximum absolute atomic E-state index is 12.2. The van der Waals surface area contributed by atoms with Gasteiger partial charge in [-0.1, -0.05) is 60.0 Å². The van der Waals surface area contributed by atoms with Gasteiger partial charge in [0, 0.05) is 6.42 Å². The molecule has 0 amide bonds. The second kappa shape index (κ2) is 10.7. The van der Waals surface area contributed by atoms with E-state index in [0.717, 1.165) is 60.7 Å². The summed E-state index contributed by atoms with van der Waals surface area (Å²) in [7, 11) is 0. The van der Waals surface area contributed by atoms with Gasteiger partial charge >= 0.3 is 5.97 Å². The lowest BCUT2D eigenvalue weighted by Crippen LogP contribution is -2.54. The van der Waals surface area contributed by atoms with Crippen molar-refractivity contribution in [1.29, 1.82) is 0 Å². The largest absolute Gasteiger partial charge is 0.462 e. The first-order chi connectivity index (χ1) is 16.2. The van der Waals surface area contributed by atoms with Crippen molar-refractivity contribution in [3.8, 4) is 0 Å². The van der Waals surface area contributed by atoms with E-state index in [1.54, 1.807) is 0 Å². The molecule has 0 aliphatic heterocycles. The van der Waals surface area contributed by atoms with Crippen LogP contribution in [0.1, 0.15) is 125 Å². The van der Waals surface area contributed by atoms with Crippen molar-refractivity contribution in [3.05, 3.63) is 12.7 Å². The third-order valence-electron chi connectivity index (χ3n) is 11.7. The molecule has 34 heavy (non-hydrogen) atoms. The van der Waals surface area contributed by atoms with Gasteiger partial charge in [-0.05, 0) is 116 Å². The minimum Gasteiger partial charge on any atom is -0.462 e. The Morgan fingerprint density at radius 1 is 0.971 bits per heavy atom. The van der Waals surface area contributed by atoms with E-state index >= 15 is 0 Å². The van der Waals surface area contributed by atoms with Crippen LogP contribution in [0, 0.1) is 52.3 Å². The van der Waals surface area contributed by atoms with Crippen LogP contribution in [0.4, 0.5) is 0 Å². The molecule has 0 heterocycles. The van der Waals surface area contributed by atoms with Crippen molar-refractivity contribution >= 4 is 5.97 Å². The number of rotatable bonds is 9. The molecule has 4 aliphatic rings. The molecule has 5 unspecified atom stereocenters. The highest BCUT2D eigenvalue weighted by molar-refractivity contribution is 5.69. The van der Waals surface area contributed by atoms with Crippen molar-refractivity contribution in [2.24, 2.45) is 52.3 Å². The molecule has 9 atom stereocenters. The molecular weight excluding hydrogens is 416 g/mol. The number of ether oxygens (including phenoxy) is 1. The van der Waals surface area contributed by atoms with E-state index in [1.165, 1.54) is 64.2 Å². The Morgan fingerprint density at radius 3 is 2.44 bits per heavy atom. The molecule has 0 aromatic heterocycles. The monoisotopic (exact) mass is 470 g/mol. The summed E-state index contributed by atoms with van der Waals surface area (Å²) in [5.74, 6) is 6.21. The van der Waals surface area contributed by atoms with E-state index in [4.69, 9.17) is 4.74 Å². The van der Waals surface area contributed by atoms with E-state index in [-0.39, 0.29) is 12.1 Å². The SMILES string of the molecule is C=CCCC(=O)O[C@H]1CC[C@]2(C)C3CC[C@]4(C)C(C(C)CCCC(C)C)CCC4C3CC[C@H]2C1. The van der Waals surface area contributed by atoms with Crippen molar-refractivity contribution in [3.63, 3.8) is 0 Å². The number of allylic oxidation sites excluding steroid dienone is 1. The second-order valence-corrected chi connectivity index (χ2v) is 13.9. The van der Waals surface area contributed by atoms with Crippen LogP contribution in [0.25, 0.3) is 0 Å². The van der Waals surface area contributed by atoms with Crippen LogP contribution in [0.2, 0.25) is 0 Å². The zero-order valence-corrected chi connectivity index (χ0v) is 23.1. The fraction of sp³-hybridized carbons (Fsp3) is 0.906. The Morgan fingerprint density at radius 2 is 1.71 bits per heavy atom. The Kier molecular flexibility index (Phi) is 8.25. The van der Waals surface area contributed by atoms with Crippen LogP contribution in [-0.2, 0) is 9.53 Å². The van der Waals surface area contributed by atoms with Crippen LogP contribution in [0.3, 0.4) is 0 Å². The van der Waals surface area contributed by atoms with Gasteiger partial charge in [-0.25, -0.2) is 0 Å². The minimum absolute atomic E-state index is 0.0184. The molecule has 4 saturated carbocycles. The van der Waals surface area contributed by atoms with Gasteiger partial charge in [0.25, 0.3) is 0 Å². The summed E-state index contributed by atoms with van der Waals surface area (Å²) < 4.78 is 5.91. The van der Waals surface area contributed by atoms with E-state index in [9.17, 15) is 4.79 Å². The molecule has 4 fully saturated rings. The third kappa shape index (κ3) is 5.04. The molecule has 4 aliphatic carbocycles. The van der Waals surface area contributed by atoms with Crippen molar-refractivity contribution in [2.75, 3.05) is 0 Å². The third-order valence-corrected chi connectivity index (χ3v) is 11.7. The topological polar surface area (TPSA) is 26.3 Å². The molecule has 0 aromatic rings. The highest BCUT2D eigenvalue weighted by Gasteiger charge is 2.60. The van der Waals surface area contributed by atoms with Gasteiger partial charge in [0.15, 0.2) is 0 Å². The van der Waals surface area contributed by atoms with Crippen molar-refractivity contribution in [2.45, 2.75) is 131 Å². The Bertz CT molecular complexity index is 712. The van der Waals surface area contributed by atoms with Gasteiger partial charge in [-0.15, -0.1) is 6.58 Å². The average Bonchev–Trinajstić information content (AvgIpc) is 3.15. The van der Waals surface area contributed by atoms with E-state index in [0.29, 0.717) is 17.3 Å². The fourth-order valence-corrected chi connectivity index (χ4v) is 9.82.